The zero-order chi connectivity index (χ0) is 24.2. The lowest BCUT2D eigenvalue weighted by atomic mass is 10.1. The number of aryl methyl sites for hydroxylation is 2. The normalized spacial score (nSPS) is 11.2. The molecule has 0 aliphatic heterocycles. The summed E-state index contributed by atoms with van der Waals surface area (Å²) < 4.78 is 28.0. The summed E-state index contributed by atoms with van der Waals surface area (Å²) in [6, 6.07) is 17.6. The first-order chi connectivity index (χ1) is 15.6. The number of anilines is 2. The number of hydrogen-bond donors (Lipinski definition) is 1. The molecule has 0 saturated heterocycles. The predicted octanol–water partition coefficient (Wildman–Crippen LogP) is 5.25. The molecule has 3 aromatic rings. The summed E-state index contributed by atoms with van der Waals surface area (Å²) in [5.74, 6) is -0.620. The van der Waals surface area contributed by atoms with E-state index >= 15 is 0 Å². The number of benzene rings is 3. The van der Waals surface area contributed by atoms with E-state index in [1.54, 1.807) is 0 Å². The number of para-hydroxylation sites is 1. The molecule has 0 atom stereocenters. The number of hydrogen-bond acceptors (Lipinski definition) is 4. The van der Waals surface area contributed by atoms with Crippen LogP contribution in [0, 0.1) is 6.92 Å². The number of halogens is 1. The second-order valence-corrected chi connectivity index (χ2v) is 9.88. The number of nitrogens with one attached hydrogen (secondary N) is 1. The Labute approximate surface area is 199 Å². The first-order valence-electron chi connectivity index (χ1n) is 10.4. The number of sulfonamides is 1. The van der Waals surface area contributed by atoms with Gasteiger partial charge in [0.05, 0.1) is 10.6 Å². The number of Topliss-reactive ketones (excluding diaryl/α,β-unsaturated/α-hetero) is 1. The minimum atomic E-state index is -4.09. The number of rotatable bonds is 8. The van der Waals surface area contributed by atoms with Crippen molar-refractivity contribution < 1.29 is 18.0 Å². The molecule has 1 N–H and O–H groups in total. The Balaban J connectivity index is 1.99. The highest BCUT2D eigenvalue weighted by atomic mass is 35.5. The Hall–Kier alpha value is -3.16. The van der Waals surface area contributed by atoms with Gasteiger partial charge in [0.15, 0.2) is 5.78 Å². The SMILES string of the molecule is CCc1cccc(C)c1NC(=O)CN(c1ccc(C(C)=O)cc1)S(=O)(=O)c1ccc(Cl)cc1. The van der Waals surface area contributed by atoms with Crippen molar-refractivity contribution in [2.75, 3.05) is 16.2 Å². The third-order valence-electron chi connectivity index (χ3n) is 5.26. The molecule has 3 aromatic carbocycles. The van der Waals surface area contributed by atoms with Crippen LogP contribution in [0.4, 0.5) is 11.4 Å². The molecule has 0 unspecified atom stereocenters. The van der Waals surface area contributed by atoms with Crippen LogP contribution in [0.5, 0.6) is 0 Å². The number of carbonyl (C=O) groups is 2. The van der Waals surface area contributed by atoms with Crippen LogP contribution in [0.1, 0.15) is 35.3 Å². The molecule has 3 rings (SSSR count). The molecule has 0 aromatic heterocycles. The van der Waals surface area contributed by atoms with Gasteiger partial charge in [0.1, 0.15) is 6.54 Å². The average molecular weight is 485 g/mol. The fourth-order valence-corrected chi connectivity index (χ4v) is 4.97. The van der Waals surface area contributed by atoms with Crippen molar-refractivity contribution in [2.24, 2.45) is 0 Å². The van der Waals surface area contributed by atoms with Crippen LogP contribution in [-0.2, 0) is 21.2 Å². The van der Waals surface area contributed by atoms with Crippen LogP contribution in [0.2, 0.25) is 5.02 Å². The topological polar surface area (TPSA) is 83.6 Å². The Morgan fingerprint density at radius 1 is 0.970 bits per heavy atom. The summed E-state index contributed by atoms with van der Waals surface area (Å²) in [5.41, 5.74) is 3.24. The van der Waals surface area contributed by atoms with Crippen LogP contribution >= 0.6 is 11.6 Å². The van der Waals surface area contributed by atoms with Gasteiger partial charge >= 0.3 is 0 Å². The van der Waals surface area contributed by atoms with E-state index in [0.29, 0.717) is 16.3 Å². The van der Waals surface area contributed by atoms with E-state index in [1.165, 1.54) is 55.5 Å². The van der Waals surface area contributed by atoms with Crippen molar-refractivity contribution in [3.05, 3.63) is 88.4 Å². The number of nitrogens with zero attached hydrogens (tertiary/aromatic N) is 1. The maximum Gasteiger partial charge on any atom is 0.264 e. The Bertz CT molecular complexity index is 1270. The minimum Gasteiger partial charge on any atom is -0.324 e. The number of carbonyl (C=O) groups excluding carboxylic acids is 2. The van der Waals surface area contributed by atoms with Gasteiger partial charge in [-0.2, -0.15) is 0 Å². The van der Waals surface area contributed by atoms with E-state index in [9.17, 15) is 18.0 Å². The summed E-state index contributed by atoms with van der Waals surface area (Å²) in [5, 5.41) is 3.27. The first-order valence-corrected chi connectivity index (χ1v) is 12.2. The van der Waals surface area contributed by atoms with Gasteiger partial charge in [-0.1, -0.05) is 36.7 Å². The van der Waals surface area contributed by atoms with Crippen LogP contribution < -0.4 is 9.62 Å². The van der Waals surface area contributed by atoms with Crippen molar-refractivity contribution >= 4 is 44.7 Å². The van der Waals surface area contributed by atoms with E-state index in [0.717, 1.165) is 21.9 Å². The summed E-state index contributed by atoms with van der Waals surface area (Å²) in [6.07, 6.45) is 0.719. The molecular formula is C25H25ClN2O4S. The number of ketones is 1. The molecule has 0 heterocycles. The minimum absolute atomic E-state index is 0.000448. The van der Waals surface area contributed by atoms with Gasteiger partial charge in [0.25, 0.3) is 10.0 Å². The van der Waals surface area contributed by atoms with Gasteiger partial charge in [-0.05, 0) is 79.9 Å². The zero-order valence-electron chi connectivity index (χ0n) is 18.6. The molecule has 0 radical (unpaired) electrons. The first kappa shape index (κ1) is 24.5. The van der Waals surface area contributed by atoms with Crippen molar-refractivity contribution in [1.82, 2.24) is 0 Å². The third kappa shape index (κ3) is 5.61. The van der Waals surface area contributed by atoms with Crippen LogP contribution in [0.15, 0.2) is 71.6 Å². The highest BCUT2D eigenvalue weighted by Crippen LogP contribution is 2.26. The monoisotopic (exact) mass is 484 g/mol. The molecule has 1 amide bonds. The van der Waals surface area contributed by atoms with Crippen molar-refractivity contribution in [1.29, 1.82) is 0 Å². The summed E-state index contributed by atoms with van der Waals surface area (Å²) in [7, 11) is -4.09. The van der Waals surface area contributed by atoms with E-state index < -0.39 is 22.5 Å². The Morgan fingerprint density at radius 2 is 1.61 bits per heavy atom. The molecule has 6 nitrogen and oxygen atoms in total. The largest absolute Gasteiger partial charge is 0.324 e. The summed E-state index contributed by atoms with van der Waals surface area (Å²) >= 11 is 5.92. The second kappa shape index (κ2) is 10.2. The van der Waals surface area contributed by atoms with Gasteiger partial charge in [-0.3, -0.25) is 13.9 Å². The predicted molar refractivity (Wildman–Crippen MR) is 132 cm³/mol. The standard InChI is InChI=1S/C25H25ClN2O4S/c1-4-19-7-5-6-17(2)25(19)27-24(30)16-28(22-12-8-20(9-13-22)18(3)29)33(31,32)23-14-10-21(26)11-15-23/h5-15H,4,16H2,1-3H3,(H,27,30). The van der Waals surface area contributed by atoms with Crippen molar-refractivity contribution in [2.45, 2.75) is 32.1 Å². The van der Waals surface area contributed by atoms with E-state index in [2.05, 4.69) is 5.32 Å². The van der Waals surface area contributed by atoms with Crippen molar-refractivity contribution in [3.8, 4) is 0 Å². The van der Waals surface area contributed by atoms with Crippen LogP contribution in [-0.4, -0.2) is 26.7 Å². The quantitative estimate of drug-likeness (QED) is 0.443. The highest BCUT2D eigenvalue weighted by molar-refractivity contribution is 7.92. The molecule has 0 aliphatic carbocycles. The molecule has 0 fully saturated rings. The number of amides is 1. The second-order valence-electron chi connectivity index (χ2n) is 7.58. The van der Waals surface area contributed by atoms with Gasteiger partial charge < -0.3 is 5.32 Å². The maximum absolute atomic E-state index is 13.5. The Kier molecular flexibility index (Phi) is 7.56. The fourth-order valence-electron chi connectivity index (χ4n) is 3.42. The van der Waals surface area contributed by atoms with E-state index in [-0.39, 0.29) is 16.4 Å². The lowest BCUT2D eigenvalue weighted by Gasteiger charge is -2.25. The molecule has 172 valence electrons. The van der Waals surface area contributed by atoms with Gasteiger partial charge in [-0.25, -0.2) is 8.42 Å². The van der Waals surface area contributed by atoms with Crippen molar-refractivity contribution in [3.63, 3.8) is 0 Å². The zero-order valence-corrected chi connectivity index (χ0v) is 20.2. The van der Waals surface area contributed by atoms with Crippen LogP contribution in [0.3, 0.4) is 0 Å². The summed E-state index contributed by atoms with van der Waals surface area (Å²) in [4.78, 5) is 24.7. The molecule has 8 heteroatoms. The van der Waals surface area contributed by atoms with E-state index in [4.69, 9.17) is 11.6 Å². The molecule has 0 saturated carbocycles. The van der Waals surface area contributed by atoms with E-state index in [1.807, 2.05) is 32.0 Å². The maximum atomic E-state index is 13.5. The average Bonchev–Trinajstić information content (AvgIpc) is 2.79. The third-order valence-corrected chi connectivity index (χ3v) is 7.30. The smallest absolute Gasteiger partial charge is 0.264 e. The summed E-state index contributed by atoms with van der Waals surface area (Å²) in [6.45, 7) is 4.86. The van der Waals surface area contributed by atoms with Crippen LogP contribution in [0.25, 0.3) is 0 Å². The van der Waals surface area contributed by atoms with Gasteiger partial charge in [0, 0.05) is 16.3 Å². The fraction of sp³-hybridized carbons (Fsp3) is 0.200. The molecule has 0 bridgehead atoms. The molecule has 0 aliphatic rings. The molecular weight excluding hydrogens is 460 g/mol. The van der Waals surface area contributed by atoms with Gasteiger partial charge in [-0.15, -0.1) is 0 Å². The Morgan fingerprint density at radius 3 is 2.18 bits per heavy atom. The molecule has 0 spiro atoms. The highest BCUT2D eigenvalue weighted by Gasteiger charge is 2.27. The lowest BCUT2D eigenvalue weighted by molar-refractivity contribution is -0.114. The lowest BCUT2D eigenvalue weighted by Crippen LogP contribution is -2.38. The van der Waals surface area contributed by atoms with Gasteiger partial charge in [0.2, 0.25) is 5.91 Å². The molecule has 33 heavy (non-hydrogen) atoms.